The average Bonchev–Trinajstić information content (AvgIpc) is 3.67. The van der Waals surface area contributed by atoms with Gasteiger partial charge >= 0.3 is 0 Å². The first-order valence-corrected chi connectivity index (χ1v) is 19.0. The first-order valence-electron chi connectivity index (χ1n) is 18.2. The molecular formula is C51H34S. The highest BCUT2D eigenvalue weighted by molar-refractivity contribution is 7.25. The first-order chi connectivity index (χ1) is 25.5. The number of hydrogen-bond acceptors (Lipinski definition) is 1. The van der Waals surface area contributed by atoms with Crippen LogP contribution in [0.1, 0.15) is 25.0 Å². The Labute approximate surface area is 307 Å². The summed E-state index contributed by atoms with van der Waals surface area (Å²) in [5.74, 6) is 0. The molecule has 10 aromatic rings. The van der Waals surface area contributed by atoms with E-state index in [-0.39, 0.29) is 5.41 Å². The molecule has 0 fully saturated rings. The topological polar surface area (TPSA) is 0 Å². The Hall–Kier alpha value is -6.02. The van der Waals surface area contributed by atoms with Gasteiger partial charge in [0, 0.05) is 25.6 Å². The summed E-state index contributed by atoms with van der Waals surface area (Å²) in [6.45, 7) is 4.79. The maximum atomic E-state index is 2.45. The quantitative estimate of drug-likeness (QED) is 0.163. The molecule has 0 aliphatic heterocycles. The van der Waals surface area contributed by atoms with Crippen LogP contribution in [0.3, 0.4) is 0 Å². The molecule has 0 unspecified atom stereocenters. The summed E-state index contributed by atoms with van der Waals surface area (Å²) in [5, 5.41) is 10.4. The zero-order valence-electron chi connectivity index (χ0n) is 29.1. The van der Waals surface area contributed by atoms with Gasteiger partial charge in [0.05, 0.1) is 0 Å². The Bertz CT molecular complexity index is 3040. The largest absolute Gasteiger partial charge is 0.135 e. The van der Waals surface area contributed by atoms with E-state index in [1.54, 1.807) is 0 Å². The van der Waals surface area contributed by atoms with Crippen molar-refractivity contribution in [3.8, 4) is 44.5 Å². The third-order valence-corrected chi connectivity index (χ3v) is 12.7. The Morgan fingerprint density at radius 2 is 0.981 bits per heavy atom. The highest BCUT2D eigenvalue weighted by Gasteiger charge is 2.37. The summed E-state index contributed by atoms with van der Waals surface area (Å²) in [6.07, 6.45) is 0. The molecular weight excluding hydrogens is 645 g/mol. The van der Waals surface area contributed by atoms with E-state index < -0.39 is 0 Å². The fraction of sp³-hybridized carbons (Fsp3) is 0.0588. The molecule has 0 nitrogen and oxygen atoms in total. The maximum Gasteiger partial charge on any atom is 0.0361 e. The summed E-state index contributed by atoms with van der Waals surface area (Å²) < 4.78 is 2.70. The number of rotatable bonds is 3. The van der Waals surface area contributed by atoms with Crippen LogP contribution in [0.5, 0.6) is 0 Å². The van der Waals surface area contributed by atoms with Gasteiger partial charge in [0.2, 0.25) is 0 Å². The molecule has 1 heteroatoms. The van der Waals surface area contributed by atoms with Crippen molar-refractivity contribution in [2.75, 3.05) is 0 Å². The third kappa shape index (κ3) is 4.21. The van der Waals surface area contributed by atoms with E-state index in [9.17, 15) is 0 Å². The van der Waals surface area contributed by atoms with Gasteiger partial charge in [0.25, 0.3) is 0 Å². The summed E-state index contributed by atoms with van der Waals surface area (Å²) in [5.41, 5.74) is 13.2. The van der Waals surface area contributed by atoms with E-state index in [1.807, 2.05) is 11.3 Å². The molecule has 0 amide bonds. The molecule has 0 atom stereocenters. The van der Waals surface area contributed by atoms with Gasteiger partial charge in [-0.15, -0.1) is 11.3 Å². The van der Waals surface area contributed by atoms with Crippen molar-refractivity contribution in [1.29, 1.82) is 0 Å². The van der Waals surface area contributed by atoms with Crippen molar-refractivity contribution in [3.05, 3.63) is 181 Å². The number of benzene rings is 9. The standard InChI is InChI=1S/C51H34S/c1-51(2)44-21-10-9-16-37(44)42-26-27-45-49(50(42)51)43-25-24-36(30-46(43)52-45)48-40-19-7-5-17-38(40)47(39-18-6-8-20-41(39)48)35-15-11-14-33(29-35)34-23-22-31-12-3-4-13-32(31)28-34/h3-30H,1-2H3. The van der Waals surface area contributed by atoms with Crippen LogP contribution in [-0.4, -0.2) is 0 Å². The smallest absolute Gasteiger partial charge is 0.0361 e. The van der Waals surface area contributed by atoms with E-state index in [1.165, 1.54) is 108 Å². The van der Waals surface area contributed by atoms with Gasteiger partial charge < -0.3 is 0 Å². The van der Waals surface area contributed by atoms with E-state index >= 15 is 0 Å². The maximum absolute atomic E-state index is 2.45. The molecule has 1 heterocycles. The van der Waals surface area contributed by atoms with Gasteiger partial charge in [-0.2, -0.15) is 0 Å². The lowest BCUT2D eigenvalue weighted by Gasteiger charge is -2.22. The van der Waals surface area contributed by atoms with Crippen LogP contribution in [0.4, 0.5) is 0 Å². The van der Waals surface area contributed by atoms with Crippen molar-refractivity contribution in [1.82, 2.24) is 0 Å². The number of hydrogen-bond donors (Lipinski definition) is 0. The molecule has 244 valence electrons. The lowest BCUT2D eigenvalue weighted by molar-refractivity contribution is 0.667. The SMILES string of the molecule is CC1(C)c2ccccc2-c2ccc3sc4cc(-c5c6ccccc6c(-c6cccc(-c7ccc8ccccc8c7)c6)c6ccccc56)ccc4c3c21. The van der Waals surface area contributed by atoms with E-state index in [4.69, 9.17) is 0 Å². The second-order valence-electron chi connectivity index (χ2n) is 14.8. The van der Waals surface area contributed by atoms with Gasteiger partial charge in [0.15, 0.2) is 0 Å². The molecule has 0 saturated heterocycles. The minimum absolute atomic E-state index is 0.0497. The molecule has 1 aliphatic rings. The summed E-state index contributed by atoms with van der Waals surface area (Å²) in [6, 6.07) is 63.4. The van der Waals surface area contributed by atoms with E-state index in [0.29, 0.717) is 0 Å². The molecule has 1 aromatic heterocycles. The molecule has 0 bridgehead atoms. The van der Waals surface area contributed by atoms with Crippen molar-refractivity contribution >= 4 is 63.8 Å². The normalized spacial score (nSPS) is 13.3. The van der Waals surface area contributed by atoms with Crippen molar-refractivity contribution in [2.24, 2.45) is 0 Å². The Kier molecular flexibility index (Phi) is 6.27. The highest BCUT2D eigenvalue weighted by Crippen LogP contribution is 2.54. The molecule has 9 aromatic carbocycles. The lowest BCUT2D eigenvalue weighted by atomic mass is 9.80. The van der Waals surface area contributed by atoms with Crippen LogP contribution in [0, 0.1) is 0 Å². The Morgan fingerprint density at radius 3 is 1.73 bits per heavy atom. The molecule has 52 heavy (non-hydrogen) atoms. The highest BCUT2D eigenvalue weighted by atomic mass is 32.1. The zero-order chi connectivity index (χ0) is 34.6. The lowest BCUT2D eigenvalue weighted by Crippen LogP contribution is -2.15. The van der Waals surface area contributed by atoms with Crippen LogP contribution >= 0.6 is 11.3 Å². The summed E-state index contributed by atoms with van der Waals surface area (Å²) in [4.78, 5) is 0. The van der Waals surface area contributed by atoms with Crippen molar-refractivity contribution in [2.45, 2.75) is 19.3 Å². The Balaban J connectivity index is 1.12. The fourth-order valence-electron chi connectivity index (χ4n) is 9.27. The molecule has 0 spiro atoms. The van der Waals surface area contributed by atoms with Crippen LogP contribution < -0.4 is 0 Å². The zero-order valence-corrected chi connectivity index (χ0v) is 29.9. The predicted octanol–water partition coefficient (Wildman–Crippen LogP) is 14.8. The Morgan fingerprint density at radius 1 is 0.385 bits per heavy atom. The van der Waals surface area contributed by atoms with Crippen LogP contribution in [0.15, 0.2) is 170 Å². The van der Waals surface area contributed by atoms with Gasteiger partial charge in [0.1, 0.15) is 0 Å². The molecule has 0 saturated carbocycles. The van der Waals surface area contributed by atoms with Gasteiger partial charge in [-0.3, -0.25) is 0 Å². The predicted molar refractivity (Wildman–Crippen MR) is 226 cm³/mol. The minimum atomic E-state index is -0.0497. The molecule has 0 N–H and O–H groups in total. The van der Waals surface area contributed by atoms with Crippen molar-refractivity contribution in [3.63, 3.8) is 0 Å². The monoisotopic (exact) mass is 678 g/mol. The summed E-state index contributed by atoms with van der Waals surface area (Å²) in [7, 11) is 0. The molecule has 1 aliphatic carbocycles. The van der Waals surface area contributed by atoms with Gasteiger partial charge in [-0.25, -0.2) is 0 Å². The van der Waals surface area contributed by atoms with Crippen LogP contribution in [0.25, 0.3) is 97.0 Å². The fourth-order valence-corrected chi connectivity index (χ4v) is 10.4. The third-order valence-electron chi connectivity index (χ3n) is 11.6. The van der Waals surface area contributed by atoms with E-state index in [0.717, 1.165) is 0 Å². The second-order valence-corrected chi connectivity index (χ2v) is 15.9. The van der Waals surface area contributed by atoms with Gasteiger partial charge in [-0.05, 0) is 112 Å². The molecule has 0 radical (unpaired) electrons. The van der Waals surface area contributed by atoms with E-state index in [2.05, 4.69) is 184 Å². The van der Waals surface area contributed by atoms with Gasteiger partial charge in [-0.1, -0.05) is 159 Å². The average molecular weight is 679 g/mol. The molecule has 11 rings (SSSR count). The van der Waals surface area contributed by atoms with Crippen LogP contribution in [0.2, 0.25) is 0 Å². The van der Waals surface area contributed by atoms with Crippen LogP contribution in [-0.2, 0) is 5.41 Å². The van der Waals surface area contributed by atoms with Crippen molar-refractivity contribution < 1.29 is 0 Å². The number of fused-ring (bicyclic) bond motifs is 10. The second kappa shape index (κ2) is 11.0. The summed E-state index contributed by atoms with van der Waals surface area (Å²) >= 11 is 1.93. The first kappa shape index (κ1) is 29.7. The number of thiophene rings is 1. The minimum Gasteiger partial charge on any atom is -0.135 e.